The van der Waals surface area contributed by atoms with Gasteiger partial charge in [-0.2, -0.15) is 0 Å². The minimum Gasteiger partial charge on any atom is -0.504 e. The molecule has 0 unspecified atom stereocenters. The Morgan fingerprint density at radius 1 is 1.18 bits per heavy atom. The van der Waals surface area contributed by atoms with E-state index in [-0.39, 0.29) is 5.75 Å². The summed E-state index contributed by atoms with van der Waals surface area (Å²) in [5.41, 5.74) is 3.04. The third-order valence-electron chi connectivity index (χ3n) is 3.26. The Morgan fingerprint density at radius 3 is 2.73 bits per heavy atom. The van der Waals surface area contributed by atoms with Gasteiger partial charge in [-0.05, 0) is 17.7 Å². The van der Waals surface area contributed by atoms with E-state index in [0.717, 1.165) is 22.0 Å². The lowest BCUT2D eigenvalue weighted by atomic mass is 10.2. The monoisotopic (exact) mass is 312 g/mol. The Morgan fingerprint density at radius 2 is 2.00 bits per heavy atom. The number of methoxy groups -OCH3 is 1. The minimum atomic E-state index is 0.144. The smallest absolute Gasteiger partial charge is 0.183 e. The van der Waals surface area contributed by atoms with Crippen LogP contribution in [0.15, 0.2) is 53.9 Å². The van der Waals surface area contributed by atoms with Crippen molar-refractivity contribution in [2.45, 2.75) is 6.54 Å². The fourth-order valence-electron chi connectivity index (χ4n) is 2.12. The van der Waals surface area contributed by atoms with Crippen LogP contribution in [0.25, 0.3) is 11.3 Å². The van der Waals surface area contributed by atoms with Gasteiger partial charge in [0.15, 0.2) is 16.6 Å². The zero-order valence-corrected chi connectivity index (χ0v) is 12.9. The van der Waals surface area contributed by atoms with Gasteiger partial charge in [0.05, 0.1) is 12.8 Å². The number of rotatable bonds is 5. The van der Waals surface area contributed by atoms with E-state index in [4.69, 9.17) is 4.74 Å². The molecular formula is C17H16N2O2S. The van der Waals surface area contributed by atoms with Crippen LogP contribution in [0.2, 0.25) is 0 Å². The molecule has 2 N–H and O–H groups in total. The molecule has 2 aromatic carbocycles. The van der Waals surface area contributed by atoms with Gasteiger partial charge in [0.1, 0.15) is 0 Å². The Balaban J connectivity index is 1.67. The second-order valence-electron chi connectivity index (χ2n) is 4.76. The summed E-state index contributed by atoms with van der Waals surface area (Å²) < 4.78 is 5.03. The van der Waals surface area contributed by atoms with Crippen LogP contribution in [-0.2, 0) is 6.54 Å². The van der Waals surface area contributed by atoms with E-state index in [0.29, 0.717) is 12.3 Å². The van der Waals surface area contributed by atoms with E-state index in [1.54, 1.807) is 23.5 Å². The lowest BCUT2D eigenvalue weighted by Crippen LogP contribution is -1.99. The maximum atomic E-state index is 9.78. The molecule has 0 radical (unpaired) electrons. The number of anilines is 1. The van der Waals surface area contributed by atoms with Crippen molar-refractivity contribution >= 4 is 16.5 Å². The van der Waals surface area contributed by atoms with Crippen molar-refractivity contribution in [3.63, 3.8) is 0 Å². The van der Waals surface area contributed by atoms with E-state index in [1.165, 1.54) is 7.11 Å². The van der Waals surface area contributed by atoms with Crippen LogP contribution >= 0.6 is 11.3 Å². The Kier molecular flexibility index (Phi) is 4.25. The molecule has 3 rings (SSSR count). The summed E-state index contributed by atoms with van der Waals surface area (Å²) in [7, 11) is 1.54. The molecular weight excluding hydrogens is 296 g/mol. The Labute approximate surface area is 133 Å². The number of thiazole rings is 1. The molecule has 0 aliphatic heterocycles. The van der Waals surface area contributed by atoms with Crippen LogP contribution in [0.3, 0.4) is 0 Å². The van der Waals surface area contributed by atoms with Gasteiger partial charge in [-0.15, -0.1) is 11.3 Å². The molecule has 4 nitrogen and oxygen atoms in total. The Hall–Kier alpha value is -2.53. The van der Waals surface area contributed by atoms with Gasteiger partial charge < -0.3 is 15.2 Å². The van der Waals surface area contributed by atoms with Gasteiger partial charge in [-0.25, -0.2) is 4.98 Å². The summed E-state index contributed by atoms with van der Waals surface area (Å²) in [5.74, 6) is 0.621. The van der Waals surface area contributed by atoms with Crippen LogP contribution in [0.1, 0.15) is 5.56 Å². The number of benzene rings is 2. The normalized spacial score (nSPS) is 10.4. The van der Waals surface area contributed by atoms with E-state index in [2.05, 4.69) is 10.3 Å². The van der Waals surface area contributed by atoms with E-state index in [9.17, 15) is 5.11 Å². The number of aromatic nitrogens is 1. The standard InChI is InChI=1S/C17H16N2O2S/c1-21-16-8-7-12(9-15(16)20)10-18-17-19-14(11-22-17)13-5-3-2-4-6-13/h2-9,11,20H,10H2,1H3,(H,18,19). The van der Waals surface area contributed by atoms with E-state index < -0.39 is 0 Å². The third kappa shape index (κ3) is 3.20. The van der Waals surface area contributed by atoms with Crippen molar-refractivity contribution in [1.29, 1.82) is 0 Å². The summed E-state index contributed by atoms with van der Waals surface area (Å²) >= 11 is 1.57. The molecule has 112 valence electrons. The van der Waals surface area contributed by atoms with Gasteiger partial charge in [-0.1, -0.05) is 36.4 Å². The van der Waals surface area contributed by atoms with Gasteiger partial charge in [-0.3, -0.25) is 0 Å². The molecule has 0 spiro atoms. The van der Waals surface area contributed by atoms with Crippen LogP contribution in [0.5, 0.6) is 11.5 Å². The molecule has 1 heterocycles. The zero-order valence-electron chi connectivity index (χ0n) is 12.1. The number of phenols is 1. The maximum Gasteiger partial charge on any atom is 0.183 e. The summed E-state index contributed by atoms with van der Waals surface area (Å²) in [6.07, 6.45) is 0. The molecule has 0 saturated heterocycles. The fraction of sp³-hybridized carbons (Fsp3) is 0.118. The second kappa shape index (κ2) is 6.49. The molecule has 1 aromatic heterocycles. The largest absolute Gasteiger partial charge is 0.504 e. The van der Waals surface area contributed by atoms with E-state index >= 15 is 0 Å². The average molecular weight is 312 g/mol. The summed E-state index contributed by atoms with van der Waals surface area (Å²) in [5, 5.41) is 15.9. The highest BCUT2D eigenvalue weighted by atomic mass is 32.1. The highest BCUT2D eigenvalue weighted by Gasteiger charge is 2.05. The first-order chi connectivity index (χ1) is 10.8. The highest BCUT2D eigenvalue weighted by Crippen LogP contribution is 2.28. The molecule has 0 aliphatic carbocycles. The minimum absolute atomic E-state index is 0.144. The Bertz CT molecular complexity index is 756. The first kappa shape index (κ1) is 14.4. The number of aromatic hydroxyl groups is 1. The number of phenolic OH excluding ortho intramolecular Hbond substituents is 1. The van der Waals surface area contributed by atoms with Crippen molar-refractivity contribution in [3.8, 4) is 22.8 Å². The summed E-state index contributed by atoms with van der Waals surface area (Å²) in [6.45, 7) is 0.597. The van der Waals surface area contributed by atoms with Crippen molar-refractivity contribution in [2.24, 2.45) is 0 Å². The predicted molar refractivity (Wildman–Crippen MR) is 89.5 cm³/mol. The van der Waals surface area contributed by atoms with Crippen LogP contribution in [-0.4, -0.2) is 17.2 Å². The lowest BCUT2D eigenvalue weighted by molar-refractivity contribution is 0.373. The van der Waals surface area contributed by atoms with Crippen LogP contribution in [0, 0.1) is 0 Å². The van der Waals surface area contributed by atoms with Crippen molar-refractivity contribution < 1.29 is 9.84 Å². The van der Waals surface area contributed by atoms with Gasteiger partial charge in [0.25, 0.3) is 0 Å². The van der Waals surface area contributed by atoms with Gasteiger partial charge in [0.2, 0.25) is 0 Å². The molecule has 0 aliphatic rings. The fourth-order valence-corrected chi connectivity index (χ4v) is 2.84. The predicted octanol–water partition coefficient (Wildman–Crippen LogP) is 4.14. The molecule has 0 bridgehead atoms. The zero-order chi connectivity index (χ0) is 15.4. The maximum absolute atomic E-state index is 9.78. The van der Waals surface area contributed by atoms with Crippen molar-refractivity contribution in [2.75, 3.05) is 12.4 Å². The SMILES string of the molecule is COc1ccc(CNc2nc(-c3ccccc3)cs2)cc1O. The quantitative estimate of drug-likeness (QED) is 0.743. The molecule has 3 aromatic rings. The number of ether oxygens (including phenoxy) is 1. The third-order valence-corrected chi connectivity index (χ3v) is 4.06. The lowest BCUT2D eigenvalue weighted by Gasteiger charge is -2.06. The molecule has 0 atom stereocenters. The molecule has 0 amide bonds. The number of hydrogen-bond acceptors (Lipinski definition) is 5. The van der Waals surface area contributed by atoms with Crippen LogP contribution < -0.4 is 10.1 Å². The van der Waals surface area contributed by atoms with Crippen LogP contribution in [0.4, 0.5) is 5.13 Å². The molecule has 0 fully saturated rings. The molecule has 5 heteroatoms. The summed E-state index contributed by atoms with van der Waals surface area (Å²) in [4.78, 5) is 4.57. The van der Waals surface area contributed by atoms with E-state index in [1.807, 2.05) is 41.8 Å². The van der Waals surface area contributed by atoms with Gasteiger partial charge >= 0.3 is 0 Å². The number of nitrogens with one attached hydrogen (secondary N) is 1. The van der Waals surface area contributed by atoms with Crippen molar-refractivity contribution in [1.82, 2.24) is 4.98 Å². The van der Waals surface area contributed by atoms with Crippen molar-refractivity contribution in [3.05, 3.63) is 59.5 Å². The number of nitrogens with zero attached hydrogens (tertiary/aromatic N) is 1. The average Bonchev–Trinajstić information content (AvgIpc) is 3.03. The van der Waals surface area contributed by atoms with Gasteiger partial charge in [0, 0.05) is 17.5 Å². The second-order valence-corrected chi connectivity index (χ2v) is 5.62. The first-order valence-corrected chi connectivity index (χ1v) is 7.75. The molecule has 22 heavy (non-hydrogen) atoms. The number of hydrogen-bond donors (Lipinski definition) is 2. The first-order valence-electron chi connectivity index (χ1n) is 6.87. The summed E-state index contributed by atoms with van der Waals surface area (Å²) in [6, 6.07) is 15.4. The molecule has 0 saturated carbocycles. The highest BCUT2D eigenvalue weighted by molar-refractivity contribution is 7.14. The topological polar surface area (TPSA) is 54.4 Å².